The van der Waals surface area contributed by atoms with E-state index in [1.165, 1.54) is 6.07 Å². The average Bonchev–Trinajstić information content (AvgIpc) is 2.51. The van der Waals surface area contributed by atoms with Gasteiger partial charge in [-0.1, -0.05) is 36.4 Å². The van der Waals surface area contributed by atoms with Gasteiger partial charge in [-0.25, -0.2) is 4.39 Å². The van der Waals surface area contributed by atoms with E-state index in [0.717, 1.165) is 5.69 Å². The van der Waals surface area contributed by atoms with Crippen molar-refractivity contribution in [1.82, 2.24) is 0 Å². The lowest BCUT2D eigenvalue weighted by Crippen LogP contribution is -2.34. The minimum atomic E-state index is -0.349. The van der Waals surface area contributed by atoms with Crippen molar-refractivity contribution >= 4 is 11.6 Å². The van der Waals surface area contributed by atoms with Crippen molar-refractivity contribution in [2.24, 2.45) is 5.73 Å². The summed E-state index contributed by atoms with van der Waals surface area (Å²) in [5, 5.41) is 0. The standard InChI is InChI=1S/C17H19FN2O/c18-16-10-5-4-7-14(16)13-17(21)20(12-6-11-19)15-8-2-1-3-9-15/h1-5,7-10H,6,11-13,19H2. The van der Waals surface area contributed by atoms with Gasteiger partial charge in [0.05, 0.1) is 6.42 Å². The maximum atomic E-state index is 13.7. The molecule has 0 fully saturated rings. The Hall–Kier alpha value is -2.20. The fraction of sp³-hybridized carbons (Fsp3) is 0.235. The summed E-state index contributed by atoms with van der Waals surface area (Å²) in [6, 6.07) is 15.7. The summed E-state index contributed by atoms with van der Waals surface area (Å²) in [6.07, 6.45) is 0.754. The number of hydrogen-bond donors (Lipinski definition) is 1. The normalized spacial score (nSPS) is 10.4. The van der Waals surface area contributed by atoms with E-state index in [0.29, 0.717) is 25.1 Å². The number of nitrogens with two attached hydrogens (primary N) is 1. The van der Waals surface area contributed by atoms with E-state index in [2.05, 4.69) is 0 Å². The fourth-order valence-corrected chi connectivity index (χ4v) is 2.16. The van der Waals surface area contributed by atoms with E-state index in [-0.39, 0.29) is 18.1 Å². The molecule has 0 aliphatic heterocycles. The molecule has 0 aromatic heterocycles. The fourth-order valence-electron chi connectivity index (χ4n) is 2.16. The Bertz CT molecular complexity index is 586. The molecule has 2 aromatic carbocycles. The lowest BCUT2D eigenvalue weighted by molar-refractivity contribution is -0.118. The number of benzene rings is 2. The Labute approximate surface area is 124 Å². The van der Waals surface area contributed by atoms with Crippen LogP contribution in [0.15, 0.2) is 54.6 Å². The van der Waals surface area contributed by atoms with Gasteiger partial charge in [-0.05, 0) is 36.7 Å². The first-order valence-corrected chi connectivity index (χ1v) is 7.01. The highest BCUT2D eigenvalue weighted by Gasteiger charge is 2.16. The van der Waals surface area contributed by atoms with Crippen LogP contribution in [0.3, 0.4) is 0 Å². The van der Waals surface area contributed by atoms with E-state index in [1.54, 1.807) is 23.1 Å². The predicted octanol–water partition coefficient (Wildman–Crippen LogP) is 2.75. The molecule has 21 heavy (non-hydrogen) atoms. The van der Waals surface area contributed by atoms with E-state index in [9.17, 15) is 9.18 Å². The number of anilines is 1. The minimum absolute atomic E-state index is 0.0478. The third-order valence-electron chi connectivity index (χ3n) is 3.25. The third-order valence-corrected chi connectivity index (χ3v) is 3.25. The van der Waals surface area contributed by atoms with E-state index in [1.807, 2.05) is 30.3 Å². The molecular weight excluding hydrogens is 267 g/mol. The minimum Gasteiger partial charge on any atom is -0.330 e. The molecule has 0 aliphatic rings. The second-order valence-corrected chi connectivity index (χ2v) is 4.79. The van der Waals surface area contributed by atoms with Gasteiger partial charge < -0.3 is 10.6 Å². The van der Waals surface area contributed by atoms with Crippen molar-refractivity contribution in [3.8, 4) is 0 Å². The summed E-state index contributed by atoms with van der Waals surface area (Å²) >= 11 is 0. The van der Waals surface area contributed by atoms with Crippen molar-refractivity contribution in [3.63, 3.8) is 0 Å². The number of para-hydroxylation sites is 1. The van der Waals surface area contributed by atoms with Gasteiger partial charge in [0.2, 0.25) is 5.91 Å². The summed E-state index contributed by atoms with van der Waals surface area (Å²) in [4.78, 5) is 14.2. The Balaban J connectivity index is 2.17. The Kier molecular flexibility index (Phi) is 5.46. The second kappa shape index (κ2) is 7.55. The van der Waals surface area contributed by atoms with Crippen molar-refractivity contribution in [1.29, 1.82) is 0 Å². The van der Waals surface area contributed by atoms with Crippen molar-refractivity contribution in [2.45, 2.75) is 12.8 Å². The predicted molar refractivity (Wildman–Crippen MR) is 82.6 cm³/mol. The zero-order chi connectivity index (χ0) is 15.1. The van der Waals surface area contributed by atoms with Crippen LogP contribution in [0.1, 0.15) is 12.0 Å². The number of hydrogen-bond acceptors (Lipinski definition) is 2. The average molecular weight is 286 g/mol. The summed E-state index contributed by atoms with van der Waals surface area (Å²) in [6.45, 7) is 1.05. The highest BCUT2D eigenvalue weighted by molar-refractivity contribution is 5.94. The van der Waals surface area contributed by atoms with Gasteiger partial charge in [0.15, 0.2) is 0 Å². The molecule has 3 nitrogen and oxygen atoms in total. The SMILES string of the molecule is NCCCN(C(=O)Cc1ccccc1F)c1ccccc1. The van der Waals surface area contributed by atoms with Crippen LogP contribution in [-0.4, -0.2) is 19.0 Å². The monoisotopic (exact) mass is 286 g/mol. The van der Waals surface area contributed by atoms with Crippen LogP contribution in [0.5, 0.6) is 0 Å². The van der Waals surface area contributed by atoms with Gasteiger partial charge in [0, 0.05) is 12.2 Å². The van der Waals surface area contributed by atoms with Crippen molar-refractivity contribution in [2.75, 3.05) is 18.0 Å². The van der Waals surface area contributed by atoms with Crippen LogP contribution in [0.4, 0.5) is 10.1 Å². The molecule has 0 spiro atoms. The molecule has 0 heterocycles. The maximum absolute atomic E-state index is 13.7. The number of carbonyl (C=O) groups is 1. The molecule has 0 radical (unpaired) electrons. The highest BCUT2D eigenvalue weighted by Crippen LogP contribution is 2.16. The summed E-state index contributed by atoms with van der Waals surface area (Å²) in [5.74, 6) is -0.475. The smallest absolute Gasteiger partial charge is 0.231 e. The molecule has 2 aromatic rings. The van der Waals surface area contributed by atoms with Crippen LogP contribution in [0.25, 0.3) is 0 Å². The molecule has 2 N–H and O–H groups in total. The molecule has 2 rings (SSSR count). The molecule has 0 aliphatic carbocycles. The topological polar surface area (TPSA) is 46.3 Å². The van der Waals surface area contributed by atoms with Gasteiger partial charge in [0.1, 0.15) is 5.82 Å². The van der Waals surface area contributed by atoms with Crippen LogP contribution in [-0.2, 0) is 11.2 Å². The first-order chi connectivity index (χ1) is 10.2. The van der Waals surface area contributed by atoms with Crippen LogP contribution in [0, 0.1) is 5.82 Å². The molecule has 110 valence electrons. The molecule has 0 saturated carbocycles. The Morgan fingerprint density at radius 2 is 1.71 bits per heavy atom. The quantitative estimate of drug-likeness (QED) is 0.887. The third kappa shape index (κ3) is 4.13. The Morgan fingerprint density at radius 1 is 1.05 bits per heavy atom. The zero-order valence-corrected chi connectivity index (χ0v) is 11.8. The highest BCUT2D eigenvalue weighted by atomic mass is 19.1. The molecular formula is C17H19FN2O. The summed E-state index contributed by atoms with van der Waals surface area (Å²) < 4.78 is 13.7. The van der Waals surface area contributed by atoms with E-state index in [4.69, 9.17) is 5.73 Å². The molecule has 0 unspecified atom stereocenters. The molecule has 0 bridgehead atoms. The number of carbonyl (C=O) groups excluding carboxylic acids is 1. The van der Waals surface area contributed by atoms with Gasteiger partial charge in [-0.15, -0.1) is 0 Å². The van der Waals surface area contributed by atoms with Crippen LogP contribution < -0.4 is 10.6 Å². The van der Waals surface area contributed by atoms with Gasteiger partial charge >= 0.3 is 0 Å². The summed E-state index contributed by atoms with van der Waals surface area (Å²) in [7, 11) is 0. The lowest BCUT2D eigenvalue weighted by atomic mass is 10.1. The Morgan fingerprint density at radius 3 is 2.38 bits per heavy atom. The zero-order valence-electron chi connectivity index (χ0n) is 11.8. The maximum Gasteiger partial charge on any atom is 0.231 e. The van der Waals surface area contributed by atoms with Crippen LogP contribution in [0.2, 0.25) is 0 Å². The first kappa shape index (κ1) is 15.2. The van der Waals surface area contributed by atoms with E-state index < -0.39 is 0 Å². The molecule has 0 atom stereocenters. The molecule has 4 heteroatoms. The molecule has 1 amide bonds. The largest absolute Gasteiger partial charge is 0.330 e. The number of halogens is 1. The second-order valence-electron chi connectivity index (χ2n) is 4.79. The van der Waals surface area contributed by atoms with Crippen molar-refractivity contribution < 1.29 is 9.18 Å². The van der Waals surface area contributed by atoms with Crippen LogP contribution >= 0.6 is 0 Å². The van der Waals surface area contributed by atoms with Gasteiger partial charge in [-0.2, -0.15) is 0 Å². The number of amides is 1. The van der Waals surface area contributed by atoms with E-state index >= 15 is 0 Å². The molecule has 0 saturated heterocycles. The van der Waals surface area contributed by atoms with Gasteiger partial charge in [-0.3, -0.25) is 4.79 Å². The lowest BCUT2D eigenvalue weighted by Gasteiger charge is -2.23. The number of nitrogens with zero attached hydrogens (tertiary/aromatic N) is 1. The summed E-state index contributed by atoms with van der Waals surface area (Å²) in [5.41, 5.74) is 6.76. The van der Waals surface area contributed by atoms with Gasteiger partial charge in [0.25, 0.3) is 0 Å². The number of rotatable bonds is 6. The van der Waals surface area contributed by atoms with Crippen molar-refractivity contribution in [3.05, 3.63) is 66.0 Å². The first-order valence-electron chi connectivity index (χ1n) is 7.01.